The van der Waals surface area contributed by atoms with Crippen molar-refractivity contribution >= 4 is 22.7 Å². The van der Waals surface area contributed by atoms with E-state index in [1.807, 2.05) is 0 Å². The maximum absolute atomic E-state index is 3.82. The Morgan fingerprint density at radius 2 is 0.564 bits per heavy atom. The minimum Gasteiger partial charge on any atom is -0.356 e. The lowest BCUT2D eigenvalue weighted by molar-refractivity contribution is 0.607. The minimum absolute atomic E-state index is 0.991. The van der Waals surface area contributed by atoms with E-state index in [9.17, 15) is 0 Å². The summed E-state index contributed by atoms with van der Waals surface area (Å²) in [7, 11) is 0. The summed E-state index contributed by atoms with van der Waals surface area (Å²) in [6.45, 7) is 18.4. The van der Waals surface area contributed by atoms with Gasteiger partial charge in [-0.15, -0.1) is 0 Å². The first-order valence-corrected chi connectivity index (χ1v) is 31.6. The lowest BCUT2D eigenvalue weighted by atomic mass is 9.85. The molecule has 0 radical (unpaired) electrons. The average Bonchev–Trinajstić information content (AvgIpc) is 3.52. The van der Waals surface area contributed by atoms with Crippen molar-refractivity contribution in [1.29, 1.82) is 0 Å². The van der Waals surface area contributed by atoms with Crippen LogP contribution in [0.4, 0.5) is 22.7 Å². The molecule has 0 atom stereocenters. The molecule has 0 amide bonds. The van der Waals surface area contributed by atoms with E-state index in [1.54, 1.807) is 0 Å². The molecule has 2 nitrogen and oxygen atoms in total. The summed E-state index contributed by atoms with van der Waals surface area (Å²) in [6, 6.07) is 52.0. The van der Waals surface area contributed by atoms with Gasteiger partial charge in [-0.2, -0.15) is 0 Å². The van der Waals surface area contributed by atoms with Crippen LogP contribution in [0.1, 0.15) is 214 Å². The van der Waals surface area contributed by atoms with E-state index < -0.39 is 0 Å². The highest BCUT2D eigenvalue weighted by molar-refractivity contribution is 5.82. The van der Waals surface area contributed by atoms with Crippen LogP contribution in [0.15, 0.2) is 133 Å². The van der Waals surface area contributed by atoms with Gasteiger partial charge in [0.15, 0.2) is 0 Å². The van der Waals surface area contributed by atoms with Gasteiger partial charge in [0.2, 0.25) is 0 Å². The minimum atomic E-state index is 0.991. The summed E-state index contributed by atoms with van der Waals surface area (Å²) in [5, 5.41) is 7.64. The van der Waals surface area contributed by atoms with E-state index in [0.717, 1.165) is 48.4 Å². The number of nitrogens with one attached hydrogen (secondary N) is 2. The summed E-state index contributed by atoms with van der Waals surface area (Å²) in [4.78, 5) is 0. The highest BCUT2D eigenvalue weighted by Gasteiger charge is 2.18. The number of aryl methyl sites for hydroxylation is 8. The van der Waals surface area contributed by atoms with Crippen molar-refractivity contribution in [3.05, 3.63) is 178 Å². The highest BCUT2D eigenvalue weighted by Crippen LogP contribution is 2.40. The number of unbranched alkanes of at least 4 members (excludes halogenated alkanes) is 16. The third-order valence-electron chi connectivity index (χ3n) is 16.7. The molecule has 414 valence electrons. The van der Waals surface area contributed by atoms with E-state index in [4.69, 9.17) is 0 Å². The fraction of sp³-hybridized carbons (Fsp3) is 0.447. The largest absolute Gasteiger partial charge is 0.356 e. The Morgan fingerprint density at radius 1 is 0.256 bits per heavy atom. The number of hydrogen-bond acceptors (Lipinski definition) is 2. The van der Waals surface area contributed by atoms with Crippen molar-refractivity contribution in [1.82, 2.24) is 0 Å². The number of benzene rings is 7. The molecular formula is C76H100N2. The standard InChI is InChI=1S/C76H100N2/c1-9-15-19-23-25-27-31-59-35-39-63(40-36-59)73-49-45-69(53-61(73)13-5)77-67-43-47-71(57(7)51-67)75-55-66(34-30-22-18-12-4)76(56-65(75)33-29-21-17-11-3)72-48-44-68(52-58(72)8)78-70-46-50-74(62(14-6)54-70)64-41-37-60(38-42-64)32-28-26-24-20-16-10-2/h35-56,77-78H,9-34H2,1-8H3. The Bertz CT molecular complexity index is 2680. The molecule has 7 aromatic rings. The van der Waals surface area contributed by atoms with Crippen molar-refractivity contribution in [3.63, 3.8) is 0 Å². The number of anilines is 4. The second-order valence-corrected chi connectivity index (χ2v) is 23.0. The molecule has 0 aliphatic heterocycles. The van der Waals surface area contributed by atoms with Crippen LogP contribution < -0.4 is 10.6 Å². The molecule has 0 heterocycles. The third-order valence-corrected chi connectivity index (χ3v) is 16.7. The lowest BCUT2D eigenvalue weighted by Gasteiger charge is -2.21. The Labute approximate surface area is 475 Å². The molecule has 7 aromatic carbocycles. The van der Waals surface area contributed by atoms with E-state index in [0.29, 0.717) is 0 Å². The molecule has 0 aromatic heterocycles. The van der Waals surface area contributed by atoms with E-state index in [-0.39, 0.29) is 0 Å². The van der Waals surface area contributed by atoms with Crippen LogP contribution in [-0.2, 0) is 38.5 Å². The molecule has 0 saturated heterocycles. The maximum Gasteiger partial charge on any atom is 0.0387 e. The molecule has 2 N–H and O–H groups in total. The molecular weight excluding hydrogens is 941 g/mol. The fourth-order valence-corrected chi connectivity index (χ4v) is 11.9. The topological polar surface area (TPSA) is 24.1 Å². The normalized spacial score (nSPS) is 11.4. The van der Waals surface area contributed by atoms with Crippen LogP contribution in [0, 0.1) is 13.8 Å². The van der Waals surface area contributed by atoms with Crippen molar-refractivity contribution in [2.75, 3.05) is 10.6 Å². The van der Waals surface area contributed by atoms with Crippen LogP contribution in [0.2, 0.25) is 0 Å². The molecule has 0 fully saturated rings. The van der Waals surface area contributed by atoms with E-state index in [1.165, 1.54) is 230 Å². The predicted molar refractivity (Wildman–Crippen MR) is 346 cm³/mol. The maximum atomic E-state index is 3.82. The van der Waals surface area contributed by atoms with Crippen LogP contribution in [0.25, 0.3) is 44.5 Å². The first-order valence-electron chi connectivity index (χ1n) is 31.6. The molecule has 78 heavy (non-hydrogen) atoms. The molecule has 0 aliphatic carbocycles. The van der Waals surface area contributed by atoms with Crippen molar-refractivity contribution in [2.24, 2.45) is 0 Å². The van der Waals surface area contributed by atoms with Gasteiger partial charge < -0.3 is 10.6 Å². The smallest absolute Gasteiger partial charge is 0.0387 e. The Kier molecular flexibility index (Phi) is 24.7. The van der Waals surface area contributed by atoms with Gasteiger partial charge in [-0.25, -0.2) is 0 Å². The first-order chi connectivity index (χ1) is 38.2. The SMILES string of the molecule is CCCCCCCCc1ccc(-c2ccc(Nc3ccc(-c4cc(CCCCCC)c(-c5ccc(Nc6ccc(-c7ccc(CCCCCCCC)cc7)c(CC)c6)cc5C)cc4CCCCCC)c(C)c3)cc2CC)cc1. The second kappa shape index (κ2) is 32.3. The van der Waals surface area contributed by atoms with Gasteiger partial charge in [0.05, 0.1) is 0 Å². The molecule has 7 rings (SSSR count). The Morgan fingerprint density at radius 3 is 0.910 bits per heavy atom. The quantitative estimate of drug-likeness (QED) is 0.0393. The van der Waals surface area contributed by atoms with Gasteiger partial charge in [0.25, 0.3) is 0 Å². The zero-order chi connectivity index (χ0) is 54.9. The van der Waals surface area contributed by atoms with Gasteiger partial charge in [-0.05, 0) is 216 Å². The zero-order valence-corrected chi connectivity index (χ0v) is 50.1. The molecule has 0 bridgehead atoms. The van der Waals surface area contributed by atoms with E-state index >= 15 is 0 Å². The van der Waals surface area contributed by atoms with Gasteiger partial charge in [0.1, 0.15) is 0 Å². The second-order valence-electron chi connectivity index (χ2n) is 23.0. The van der Waals surface area contributed by atoms with Gasteiger partial charge >= 0.3 is 0 Å². The van der Waals surface area contributed by atoms with Crippen molar-refractivity contribution < 1.29 is 0 Å². The molecule has 0 saturated carbocycles. The summed E-state index contributed by atoms with van der Waals surface area (Å²) < 4.78 is 0. The van der Waals surface area contributed by atoms with Gasteiger partial charge in [-0.3, -0.25) is 0 Å². The fourth-order valence-electron chi connectivity index (χ4n) is 11.9. The molecule has 0 aliphatic rings. The summed E-state index contributed by atoms with van der Waals surface area (Å²) in [5.41, 5.74) is 26.7. The van der Waals surface area contributed by atoms with Crippen LogP contribution in [-0.4, -0.2) is 0 Å². The van der Waals surface area contributed by atoms with Crippen LogP contribution in [0.3, 0.4) is 0 Å². The third kappa shape index (κ3) is 17.6. The van der Waals surface area contributed by atoms with Crippen molar-refractivity contribution in [3.8, 4) is 44.5 Å². The van der Waals surface area contributed by atoms with Crippen molar-refractivity contribution in [2.45, 2.75) is 222 Å². The zero-order valence-electron chi connectivity index (χ0n) is 50.1. The van der Waals surface area contributed by atoms with Crippen LogP contribution in [0.5, 0.6) is 0 Å². The number of hydrogen-bond donors (Lipinski definition) is 2. The van der Waals surface area contributed by atoms with Crippen LogP contribution >= 0.6 is 0 Å². The van der Waals surface area contributed by atoms with Gasteiger partial charge in [0, 0.05) is 22.7 Å². The first kappa shape index (κ1) is 59.8. The molecule has 0 spiro atoms. The summed E-state index contributed by atoms with van der Waals surface area (Å²) >= 11 is 0. The molecule has 2 heteroatoms. The number of rotatable bonds is 34. The predicted octanol–water partition coefficient (Wildman–Crippen LogP) is 23.6. The lowest BCUT2D eigenvalue weighted by Crippen LogP contribution is -2.01. The summed E-state index contributed by atoms with van der Waals surface area (Å²) in [5.74, 6) is 0. The highest BCUT2D eigenvalue weighted by atomic mass is 14.9. The summed E-state index contributed by atoms with van der Waals surface area (Å²) in [6.07, 6.45) is 32.6. The van der Waals surface area contributed by atoms with Gasteiger partial charge in [-0.1, -0.05) is 229 Å². The average molecular weight is 1040 g/mol. The van der Waals surface area contributed by atoms with E-state index in [2.05, 4.69) is 199 Å². The Hall–Kier alpha value is -5.86. The molecule has 0 unspecified atom stereocenters. The Balaban J connectivity index is 1.10. The monoisotopic (exact) mass is 1040 g/mol.